The number of aliphatic hydroxyl groups is 2. The Labute approximate surface area is 399 Å². The lowest BCUT2D eigenvalue weighted by molar-refractivity contribution is -0.140. The lowest BCUT2D eigenvalue weighted by atomic mass is 10.2. The first kappa shape index (κ1) is 103. The number of aliphatic hydroxyl groups excluding tert-OH is 2. The van der Waals surface area contributed by atoms with E-state index in [-0.39, 0.29) is 192 Å². The van der Waals surface area contributed by atoms with Crippen LogP contribution in [0.5, 0.6) is 0 Å². The zero-order chi connectivity index (χ0) is 40.9. The van der Waals surface area contributed by atoms with E-state index in [4.69, 9.17) is 48.6 Å². The van der Waals surface area contributed by atoms with E-state index in [0.717, 1.165) is 0 Å². The number of rotatable bonds is 27. The van der Waals surface area contributed by atoms with Gasteiger partial charge in [-0.05, 0) is 40.2 Å². The maximum absolute atomic E-state index is 11.4. The van der Waals surface area contributed by atoms with E-state index >= 15 is 0 Å². The van der Waals surface area contributed by atoms with Gasteiger partial charge in [-0.25, -0.2) is 19.2 Å². The lowest BCUT2D eigenvalue weighted by Gasteiger charge is -2.14. The van der Waals surface area contributed by atoms with Gasteiger partial charge in [0.05, 0.1) is 78.2 Å². The Morgan fingerprint density at radius 2 is 0.908 bits per heavy atom. The van der Waals surface area contributed by atoms with Crippen molar-refractivity contribution >= 4 is 29.9 Å². The van der Waals surface area contributed by atoms with E-state index in [1.165, 1.54) is 13.2 Å². The van der Waals surface area contributed by atoms with Crippen LogP contribution in [0.4, 0.5) is 9.59 Å². The van der Waals surface area contributed by atoms with Crippen molar-refractivity contribution in [3.63, 3.8) is 0 Å². The van der Waals surface area contributed by atoms with Crippen molar-refractivity contribution < 1.29 is 76.8 Å². The summed E-state index contributed by atoms with van der Waals surface area (Å²) in [7, 11) is 0. The summed E-state index contributed by atoms with van der Waals surface area (Å²) in [5, 5.41) is 29.4. The molecule has 0 aromatic rings. The average Bonchev–Trinajstić information content (AvgIpc) is 3.11. The van der Waals surface area contributed by atoms with Crippen molar-refractivity contribution in [3.8, 4) is 6.26 Å². The van der Waals surface area contributed by atoms with Gasteiger partial charge in [0.1, 0.15) is 33.0 Å². The first-order valence-corrected chi connectivity index (χ1v) is 16.4. The van der Waals surface area contributed by atoms with Gasteiger partial charge in [-0.2, -0.15) is 5.26 Å². The number of esters is 2. The summed E-state index contributed by atoms with van der Waals surface area (Å²) in [6.45, 7) is 20.5. The Morgan fingerprint density at radius 1 is 0.523 bits per heavy atom. The predicted molar refractivity (Wildman–Crippen MR) is 269 cm³/mol. The Hall–Kier alpha value is -4.58. The van der Waals surface area contributed by atoms with E-state index in [2.05, 4.69) is 39.8 Å². The van der Waals surface area contributed by atoms with Gasteiger partial charge >= 0.3 is 24.1 Å². The fourth-order valence-corrected chi connectivity index (χ4v) is 2.66. The molecular formula is C46H105N3O16. The number of Topliss-reactive ketones (excluding diaryl/α,β-unsaturated/α-hetero) is 1. The van der Waals surface area contributed by atoms with Gasteiger partial charge in [0.15, 0.2) is 5.78 Å². The van der Waals surface area contributed by atoms with Crippen LogP contribution in [0, 0.1) is 11.5 Å². The fraction of sp³-hybridized carbons (Fsp3) is 0.739. The SMILES string of the molecule is C.C.C.C.C.C.C.C.C.C.C.C.C=C(C)C(=O)CNC(=O)OCCOC(C)COCCOC(=O)NCCOC(=O)C(=C)C.C=C(C)C(=O)OCCOC#N.CC(COCCO)OCCO. The molecule has 400 valence electrons. The third kappa shape index (κ3) is 80.2. The first-order chi connectivity index (χ1) is 25.1. The Balaban J connectivity index is -0.0000000482. The molecule has 0 heterocycles. The number of ketones is 1. The van der Waals surface area contributed by atoms with E-state index in [9.17, 15) is 24.0 Å². The van der Waals surface area contributed by atoms with Crippen LogP contribution in [-0.2, 0) is 57.0 Å². The molecule has 0 fully saturated rings. The third-order valence-electron chi connectivity index (χ3n) is 5.27. The number of nitrogens with one attached hydrogen (secondary N) is 2. The second-order valence-electron chi connectivity index (χ2n) is 10.5. The van der Waals surface area contributed by atoms with Crippen molar-refractivity contribution in [2.45, 2.75) is 136 Å². The maximum Gasteiger partial charge on any atom is 0.407 e. The highest BCUT2D eigenvalue weighted by Gasteiger charge is 2.09. The standard InChI is InChI=1S/C20H32N2O9.C7H9NO3.C7H16O4.12CH4/c1-14(2)17(23)12-22-20(26)31-11-10-28-16(5)13-27-8-9-30-19(25)21-6-7-29-18(24)15(3)4;1-6(2)7(9)11-4-3-10-5-8;1-7(11-5-3-9)6-10-4-2-8;;;;;;;;;;;;/h16H,1,3,6-13H2,2,4-5H3,(H,21,25)(H,22,26);1,3-4H2,2H3;7-9H,2-6H2,1H3;12*1H4. The molecule has 0 aliphatic rings. The molecular weight excluding hydrogens is 851 g/mol. The minimum Gasteiger partial charge on any atom is -0.460 e. The molecule has 0 spiro atoms. The number of ether oxygens (including phenoxy) is 9. The summed E-state index contributed by atoms with van der Waals surface area (Å²) in [6.07, 6.45) is -0.202. The minimum absolute atomic E-state index is 0. The molecule has 2 atom stereocenters. The molecule has 4 N–H and O–H groups in total. The minimum atomic E-state index is -0.716. The van der Waals surface area contributed by atoms with Crippen LogP contribution >= 0.6 is 0 Å². The molecule has 0 aliphatic carbocycles. The molecule has 19 heteroatoms. The molecule has 0 aliphatic heterocycles. The van der Waals surface area contributed by atoms with Crippen molar-refractivity contribution in [2.24, 2.45) is 0 Å². The van der Waals surface area contributed by atoms with Crippen LogP contribution in [0.1, 0.15) is 124 Å². The van der Waals surface area contributed by atoms with Crippen molar-refractivity contribution in [3.05, 3.63) is 36.5 Å². The van der Waals surface area contributed by atoms with E-state index in [1.807, 2.05) is 6.92 Å². The second-order valence-corrected chi connectivity index (χ2v) is 10.5. The highest BCUT2D eigenvalue weighted by atomic mass is 16.6. The summed E-state index contributed by atoms with van der Waals surface area (Å²) < 4.78 is 44.2. The van der Waals surface area contributed by atoms with Crippen molar-refractivity contribution in [2.75, 3.05) is 99.0 Å². The van der Waals surface area contributed by atoms with Crippen LogP contribution in [0.25, 0.3) is 0 Å². The molecule has 0 bridgehead atoms. The summed E-state index contributed by atoms with van der Waals surface area (Å²) in [4.78, 5) is 55.9. The molecule has 65 heavy (non-hydrogen) atoms. The summed E-state index contributed by atoms with van der Waals surface area (Å²) >= 11 is 0. The smallest absolute Gasteiger partial charge is 0.407 e. The topological polar surface area (TPSA) is 257 Å². The molecule has 0 saturated carbocycles. The Morgan fingerprint density at radius 3 is 1.32 bits per heavy atom. The van der Waals surface area contributed by atoms with E-state index in [0.29, 0.717) is 31.0 Å². The first-order valence-electron chi connectivity index (χ1n) is 16.4. The molecule has 0 aromatic carbocycles. The normalized spacial score (nSPS) is 8.89. The van der Waals surface area contributed by atoms with Crippen LogP contribution < -0.4 is 10.6 Å². The quantitative estimate of drug-likeness (QED) is 0.0197. The van der Waals surface area contributed by atoms with Gasteiger partial charge in [0.2, 0.25) is 0 Å². The van der Waals surface area contributed by atoms with Crippen molar-refractivity contribution in [1.29, 1.82) is 5.26 Å². The number of nitriles is 1. The predicted octanol–water partition coefficient (Wildman–Crippen LogP) is 8.75. The number of alkyl carbamates (subject to hydrolysis) is 2. The summed E-state index contributed by atoms with van der Waals surface area (Å²) in [6, 6.07) is 0. The second kappa shape index (κ2) is 73.8. The molecule has 0 rings (SSSR count). The Kier molecular flexibility index (Phi) is 117. The third-order valence-corrected chi connectivity index (χ3v) is 5.27. The van der Waals surface area contributed by atoms with Crippen LogP contribution in [-0.4, -0.2) is 151 Å². The molecule has 0 aromatic heterocycles. The lowest BCUT2D eigenvalue weighted by Crippen LogP contribution is -2.31. The molecule has 0 radical (unpaired) electrons. The number of nitrogens with zero attached hydrogens (tertiary/aromatic N) is 1. The summed E-state index contributed by atoms with van der Waals surface area (Å²) in [5.74, 6) is -1.26. The van der Waals surface area contributed by atoms with Gasteiger partial charge in [-0.15, -0.1) is 0 Å². The highest BCUT2D eigenvalue weighted by molar-refractivity contribution is 5.97. The fourth-order valence-electron chi connectivity index (χ4n) is 2.66. The zero-order valence-electron chi connectivity index (χ0n) is 31.4. The van der Waals surface area contributed by atoms with E-state index < -0.39 is 24.1 Å². The number of carbonyl (C=O) groups is 5. The van der Waals surface area contributed by atoms with E-state index in [1.54, 1.807) is 20.8 Å². The van der Waals surface area contributed by atoms with Gasteiger partial charge in [-0.3, -0.25) is 4.79 Å². The Bertz CT molecular complexity index is 1130. The van der Waals surface area contributed by atoms with Crippen LogP contribution in [0.3, 0.4) is 0 Å². The van der Waals surface area contributed by atoms with Crippen LogP contribution in [0.15, 0.2) is 36.5 Å². The monoisotopic (exact) mass is 956 g/mol. The maximum atomic E-state index is 11.4. The molecule has 0 saturated heterocycles. The molecule has 19 nitrogen and oxygen atoms in total. The van der Waals surface area contributed by atoms with Crippen molar-refractivity contribution in [1.82, 2.24) is 10.6 Å². The molecule has 2 unspecified atom stereocenters. The van der Waals surface area contributed by atoms with Gasteiger partial charge in [0.25, 0.3) is 6.26 Å². The number of hydrogen-bond donors (Lipinski definition) is 4. The van der Waals surface area contributed by atoms with Crippen LogP contribution in [0.2, 0.25) is 0 Å². The highest BCUT2D eigenvalue weighted by Crippen LogP contribution is 1.95. The molecule has 2 amide bonds. The zero-order valence-corrected chi connectivity index (χ0v) is 31.4. The number of hydrogen-bond acceptors (Lipinski definition) is 17. The number of amides is 2. The van der Waals surface area contributed by atoms with Gasteiger partial charge < -0.3 is 63.5 Å². The average molecular weight is 956 g/mol. The largest absolute Gasteiger partial charge is 0.460 e. The van der Waals surface area contributed by atoms with Gasteiger partial charge in [-0.1, -0.05) is 109 Å². The number of carbonyl (C=O) groups excluding carboxylic acids is 5. The summed E-state index contributed by atoms with van der Waals surface area (Å²) in [5.41, 5.74) is 0.968. The van der Waals surface area contributed by atoms with Gasteiger partial charge in [0, 0.05) is 11.1 Å².